The predicted octanol–water partition coefficient (Wildman–Crippen LogP) is 4.17. The molecule has 0 bridgehead atoms. The van der Waals surface area contributed by atoms with Crippen LogP contribution in [0.3, 0.4) is 0 Å². The van der Waals surface area contributed by atoms with Crippen molar-refractivity contribution < 1.29 is 24.0 Å². The van der Waals surface area contributed by atoms with Crippen molar-refractivity contribution in [2.24, 2.45) is 0 Å². The number of H-pyrrole nitrogens is 1. The predicted molar refractivity (Wildman–Crippen MR) is 122 cm³/mol. The lowest BCUT2D eigenvalue weighted by molar-refractivity contribution is -0.384. The zero-order valence-corrected chi connectivity index (χ0v) is 17.3. The molecule has 2 aliphatic heterocycles. The number of benzene rings is 3. The number of nitrogens with zero attached hydrogens (tertiary/aromatic N) is 3. The lowest BCUT2D eigenvalue weighted by Gasteiger charge is -2.17. The summed E-state index contributed by atoms with van der Waals surface area (Å²) in [4.78, 5) is 37.9. The minimum atomic E-state index is -0.651. The first-order valence-corrected chi connectivity index (χ1v) is 10.2. The van der Waals surface area contributed by atoms with Gasteiger partial charge in [-0.3, -0.25) is 24.8 Å². The molecule has 1 aromatic heterocycles. The summed E-state index contributed by atoms with van der Waals surface area (Å²) in [5, 5.41) is 19.3. The van der Waals surface area contributed by atoms with E-state index in [0.29, 0.717) is 22.8 Å². The normalized spacial score (nSPS) is 14.4. The molecule has 0 spiro atoms. The molecule has 2 aliphatic rings. The third-order valence-electron chi connectivity index (χ3n) is 5.76. The number of nitro groups is 1. The fourth-order valence-corrected chi connectivity index (χ4v) is 4.12. The minimum absolute atomic E-state index is 0.0141. The number of aromatic amines is 1. The molecule has 0 saturated heterocycles. The molecule has 0 saturated carbocycles. The van der Waals surface area contributed by atoms with Crippen molar-refractivity contribution in [3.8, 4) is 11.5 Å². The van der Waals surface area contributed by atoms with Gasteiger partial charge in [0.2, 0.25) is 6.79 Å². The van der Waals surface area contributed by atoms with Crippen LogP contribution in [-0.4, -0.2) is 33.7 Å². The molecule has 0 aliphatic carbocycles. The third kappa shape index (κ3) is 2.93. The summed E-state index contributed by atoms with van der Waals surface area (Å²) in [7, 11) is 0. The van der Waals surface area contributed by atoms with Gasteiger partial charge in [-0.1, -0.05) is 24.3 Å². The Hall–Kier alpha value is -4.99. The minimum Gasteiger partial charge on any atom is -0.454 e. The van der Waals surface area contributed by atoms with Gasteiger partial charge in [0.25, 0.3) is 17.5 Å². The fourth-order valence-electron chi connectivity index (χ4n) is 4.12. The lowest BCUT2D eigenvalue weighted by atomic mass is 10.1. The second-order valence-corrected chi connectivity index (χ2v) is 7.68. The summed E-state index contributed by atoms with van der Waals surface area (Å²) >= 11 is 0. The van der Waals surface area contributed by atoms with Crippen molar-refractivity contribution in [3.63, 3.8) is 0 Å². The zero-order chi connectivity index (χ0) is 23.4. The highest BCUT2D eigenvalue weighted by Gasteiger charge is 2.39. The largest absolute Gasteiger partial charge is 0.454 e. The van der Waals surface area contributed by atoms with E-state index in [1.165, 1.54) is 12.1 Å². The summed E-state index contributed by atoms with van der Waals surface area (Å²) < 4.78 is 10.9. The first-order chi connectivity index (χ1) is 16.5. The van der Waals surface area contributed by atoms with Crippen LogP contribution in [0.2, 0.25) is 0 Å². The van der Waals surface area contributed by atoms with Crippen LogP contribution in [0.1, 0.15) is 32.0 Å². The molecule has 10 heteroatoms. The number of hydrogen-bond acceptors (Lipinski definition) is 7. The first-order valence-electron chi connectivity index (χ1n) is 10.2. The molecule has 34 heavy (non-hydrogen) atoms. The number of rotatable bonds is 4. The number of aromatic nitrogens is 2. The maximum atomic E-state index is 13.2. The van der Waals surface area contributed by atoms with Gasteiger partial charge in [0.05, 0.1) is 32.9 Å². The molecular weight excluding hydrogens is 440 g/mol. The Morgan fingerprint density at radius 1 is 0.971 bits per heavy atom. The second-order valence-electron chi connectivity index (χ2n) is 7.68. The maximum Gasteiger partial charge on any atom is 0.270 e. The topological polar surface area (TPSA) is 128 Å². The van der Waals surface area contributed by atoms with Crippen LogP contribution in [0, 0.1) is 10.1 Å². The number of non-ortho nitro benzene ring substituents is 1. The molecule has 0 unspecified atom stereocenters. The molecule has 3 aromatic carbocycles. The third-order valence-corrected chi connectivity index (χ3v) is 5.76. The summed E-state index contributed by atoms with van der Waals surface area (Å²) in [5.41, 5.74) is 2.14. The van der Waals surface area contributed by atoms with Crippen molar-refractivity contribution >= 4 is 46.2 Å². The van der Waals surface area contributed by atoms with Gasteiger partial charge in [-0.2, -0.15) is 5.10 Å². The van der Waals surface area contributed by atoms with E-state index in [-0.39, 0.29) is 29.3 Å². The van der Waals surface area contributed by atoms with E-state index in [1.54, 1.807) is 24.3 Å². The zero-order valence-electron chi connectivity index (χ0n) is 17.3. The summed E-state index contributed by atoms with van der Waals surface area (Å²) in [6, 6.07) is 14.5. The van der Waals surface area contributed by atoms with E-state index in [4.69, 9.17) is 9.47 Å². The molecule has 0 atom stereocenters. The summed E-state index contributed by atoms with van der Waals surface area (Å²) in [6.45, 7) is 0.0141. The van der Waals surface area contributed by atoms with Crippen LogP contribution in [0.15, 0.2) is 54.6 Å². The molecule has 3 heterocycles. The molecule has 1 N–H and O–H groups in total. The van der Waals surface area contributed by atoms with Gasteiger partial charge in [0.15, 0.2) is 11.5 Å². The van der Waals surface area contributed by atoms with E-state index in [0.717, 1.165) is 21.9 Å². The number of ether oxygens (including phenoxy) is 2. The number of fused-ring (bicyclic) bond motifs is 3. The molecule has 10 nitrogen and oxygen atoms in total. The number of hydrogen-bond donors (Lipinski definition) is 1. The summed E-state index contributed by atoms with van der Waals surface area (Å²) in [5.74, 6) is -0.362. The van der Waals surface area contributed by atoms with Gasteiger partial charge in [-0.25, -0.2) is 4.90 Å². The van der Waals surface area contributed by atoms with Gasteiger partial charge in [-0.15, -0.1) is 0 Å². The SMILES string of the molecule is O=C1c2ccc([N+](=O)[O-])cc2C(=O)N1c1cc2c(cc1/C=C/c1n[nH]c3ccccc13)OCO2. The molecule has 0 fully saturated rings. The quantitative estimate of drug-likeness (QED) is 0.278. The molecule has 6 rings (SSSR count). The number of anilines is 1. The molecular formula is C24H14N4O6. The van der Waals surface area contributed by atoms with Crippen molar-refractivity contribution in [1.29, 1.82) is 0 Å². The Labute approximate surface area is 191 Å². The fraction of sp³-hybridized carbons (Fsp3) is 0.0417. The molecule has 166 valence electrons. The Balaban J connectivity index is 1.46. The highest BCUT2D eigenvalue weighted by Crippen LogP contribution is 2.42. The number of imide groups is 1. The number of carbonyl (C=O) groups excluding carboxylic acids is 2. The standard InChI is InChI=1S/C24H14N4O6/c29-23-15-7-6-14(28(31)32)10-17(15)24(30)27(23)20-11-22-21(33-12-34-22)9-13(20)5-8-19-16-3-1-2-4-18(16)25-26-19/h1-11H,12H2,(H,25,26)/b8-5+. The highest BCUT2D eigenvalue weighted by atomic mass is 16.7. The Morgan fingerprint density at radius 2 is 1.74 bits per heavy atom. The van der Waals surface area contributed by atoms with E-state index in [1.807, 2.05) is 24.3 Å². The number of amides is 2. The van der Waals surface area contributed by atoms with Crippen molar-refractivity contribution in [1.82, 2.24) is 10.2 Å². The van der Waals surface area contributed by atoms with E-state index >= 15 is 0 Å². The van der Waals surface area contributed by atoms with E-state index < -0.39 is 16.7 Å². The lowest BCUT2D eigenvalue weighted by Crippen LogP contribution is -2.30. The Kier molecular flexibility index (Phi) is 4.21. The average Bonchev–Trinajstić information content (AvgIpc) is 3.53. The Bertz CT molecular complexity index is 1570. The van der Waals surface area contributed by atoms with E-state index in [9.17, 15) is 19.7 Å². The van der Waals surface area contributed by atoms with Crippen LogP contribution in [0.4, 0.5) is 11.4 Å². The maximum absolute atomic E-state index is 13.2. The van der Waals surface area contributed by atoms with Gasteiger partial charge < -0.3 is 9.47 Å². The van der Waals surface area contributed by atoms with Gasteiger partial charge in [0.1, 0.15) is 0 Å². The molecule has 0 radical (unpaired) electrons. The number of para-hydroxylation sites is 1. The number of nitro benzene ring substituents is 1. The smallest absolute Gasteiger partial charge is 0.270 e. The monoisotopic (exact) mass is 454 g/mol. The highest BCUT2D eigenvalue weighted by molar-refractivity contribution is 6.35. The number of carbonyl (C=O) groups is 2. The van der Waals surface area contributed by atoms with Gasteiger partial charge in [-0.05, 0) is 24.3 Å². The molecule has 2 amide bonds. The second kappa shape index (κ2) is 7.27. The summed E-state index contributed by atoms with van der Waals surface area (Å²) in [6.07, 6.45) is 3.49. The van der Waals surface area contributed by atoms with Gasteiger partial charge in [0, 0.05) is 29.1 Å². The average molecular weight is 454 g/mol. The van der Waals surface area contributed by atoms with Crippen LogP contribution in [0.25, 0.3) is 23.1 Å². The van der Waals surface area contributed by atoms with Crippen LogP contribution >= 0.6 is 0 Å². The Morgan fingerprint density at radius 3 is 2.56 bits per heavy atom. The van der Waals surface area contributed by atoms with Crippen LogP contribution < -0.4 is 14.4 Å². The number of nitrogens with one attached hydrogen (secondary N) is 1. The first kappa shape index (κ1) is 19.7. The van der Waals surface area contributed by atoms with Crippen LogP contribution in [-0.2, 0) is 0 Å². The van der Waals surface area contributed by atoms with Crippen molar-refractivity contribution in [2.75, 3.05) is 11.7 Å². The van der Waals surface area contributed by atoms with Crippen LogP contribution in [0.5, 0.6) is 11.5 Å². The van der Waals surface area contributed by atoms with Crippen molar-refractivity contribution in [2.45, 2.75) is 0 Å². The van der Waals surface area contributed by atoms with Crippen molar-refractivity contribution in [3.05, 3.63) is 87.1 Å². The van der Waals surface area contributed by atoms with E-state index in [2.05, 4.69) is 10.2 Å². The van der Waals surface area contributed by atoms with Gasteiger partial charge >= 0.3 is 0 Å². The molecule has 4 aromatic rings.